The fourth-order valence-corrected chi connectivity index (χ4v) is 1.85. The number of nitrogens with zero attached hydrogens (tertiary/aromatic N) is 1. The van der Waals surface area contributed by atoms with Crippen LogP contribution in [0.1, 0.15) is 33.6 Å². The van der Waals surface area contributed by atoms with E-state index in [9.17, 15) is 4.79 Å². The Bertz CT molecular complexity index is 290. The Hall–Kier alpha value is -0.870. The molecule has 0 aliphatic carbocycles. The van der Waals surface area contributed by atoms with E-state index >= 15 is 0 Å². The summed E-state index contributed by atoms with van der Waals surface area (Å²) in [6, 6.07) is 0. The van der Waals surface area contributed by atoms with Crippen molar-refractivity contribution in [3.63, 3.8) is 0 Å². The normalized spacial score (nSPS) is 16.4. The van der Waals surface area contributed by atoms with Crippen molar-refractivity contribution < 1.29 is 9.53 Å². The molecule has 0 bridgehead atoms. The van der Waals surface area contributed by atoms with Gasteiger partial charge in [0.25, 0.3) is 0 Å². The van der Waals surface area contributed by atoms with Crippen molar-refractivity contribution in [3.05, 3.63) is 11.1 Å². The number of ether oxygens (including phenoxy) is 1. The van der Waals surface area contributed by atoms with Gasteiger partial charge in [0, 0.05) is 25.2 Å². The first-order valence-corrected chi connectivity index (χ1v) is 6.83. The molecule has 0 radical (unpaired) electrons. The van der Waals surface area contributed by atoms with Gasteiger partial charge in [-0.15, -0.1) is 0 Å². The quantitative estimate of drug-likeness (QED) is 0.578. The van der Waals surface area contributed by atoms with Gasteiger partial charge in [0.1, 0.15) is 0 Å². The van der Waals surface area contributed by atoms with Crippen molar-refractivity contribution in [2.75, 3.05) is 39.4 Å². The number of unbranched alkanes of at least 4 members (excludes halogenated alkanes) is 1. The van der Waals surface area contributed by atoms with Crippen LogP contribution in [0.3, 0.4) is 0 Å². The van der Waals surface area contributed by atoms with E-state index in [2.05, 4.69) is 10.2 Å². The number of carbonyl (C=O) groups excluding carboxylic acids is 1. The fraction of sp³-hybridized carbons (Fsp3) is 0.786. The van der Waals surface area contributed by atoms with E-state index in [1.165, 1.54) is 0 Å². The third-order valence-corrected chi connectivity index (χ3v) is 3.38. The molecule has 0 saturated carbocycles. The second kappa shape index (κ2) is 8.27. The van der Waals surface area contributed by atoms with Gasteiger partial charge >= 0.3 is 0 Å². The SMILES string of the molecule is CC(C)=C(C)C(=O)NCCCCN1CCOCC1. The number of hydrogen-bond donors (Lipinski definition) is 1. The van der Waals surface area contributed by atoms with Crippen LogP contribution >= 0.6 is 0 Å². The van der Waals surface area contributed by atoms with Gasteiger partial charge in [0.15, 0.2) is 0 Å². The lowest BCUT2D eigenvalue weighted by Gasteiger charge is -2.26. The van der Waals surface area contributed by atoms with Crippen LogP contribution in [-0.4, -0.2) is 50.2 Å². The van der Waals surface area contributed by atoms with Crippen LogP contribution in [-0.2, 0) is 9.53 Å². The Kier molecular flexibility index (Phi) is 6.98. The zero-order chi connectivity index (χ0) is 13.4. The summed E-state index contributed by atoms with van der Waals surface area (Å²) in [7, 11) is 0. The Labute approximate surface area is 110 Å². The molecule has 1 aliphatic heterocycles. The van der Waals surface area contributed by atoms with Crippen LogP contribution in [0.5, 0.6) is 0 Å². The molecule has 0 aromatic heterocycles. The van der Waals surface area contributed by atoms with E-state index < -0.39 is 0 Å². The summed E-state index contributed by atoms with van der Waals surface area (Å²) < 4.78 is 5.30. The maximum atomic E-state index is 11.7. The third kappa shape index (κ3) is 5.65. The zero-order valence-electron chi connectivity index (χ0n) is 11.9. The van der Waals surface area contributed by atoms with Gasteiger partial charge in [-0.2, -0.15) is 0 Å². The Morgan fingerprint density at radius 2 is 1.83 bits per heavy atom. The second-order valence-electron chi connectivity index (χ2n) is 5.04. The van der Waals surface area contributed by atoms with Crippen molar-refractivity contribution in [2.45, 2.75) is 33.6 Å². The van der Waals surface area contributed by atoms with Crippen LogP contribution in [0.2, 0.25) is 0 Å². The summed E-state index contributed by atoms with van der Waals surface area (Å²) >= 11 is 0. The number of nitrogens with one attached hydrogen (secondary N) is 1. The smallest absolute Gasteiger partial charge is 0.246 e. The minimum atomic E-state index is 0.0707. The molecule has 0 aromatic carbocycles. The molecule has 0 unspecified atom stereocenters. The molecule has 0 aromatic rings. The van der Waals surface area contributed by atoms with Crippen molar-refractivity contribution >= 4 is 5.91 Å². The number of carbonyl (C=O) groups is 1. The number of morpholine rings is 1. The monoisotopic (exact) mass is 254 g/mol. The first-order valence-electron chi connectivity index (χ1n) is 6.83. The van der Waals surface area contributed by atoms with E-state index in [4.69, 9.17) is 4.74 Å². The summed E-state index contributed by atoms with van der Waals surface area (Å²) in [5.74, 6) is 0.0707. The van der Waals surface area contributed by atoms with Gasteiger partial charge in [-0.3, -0.25) is 9.69 Å². The average molecular weight is 254 g/mol. The third-order valence-electron chi connectivity index (χ3n) is 3.38. The van der Waals surface area contributed by atoms with Gasteiger partial charge in [-0.05, 0) is 40.2 Å². The van der Waals surface area contributed by atoms with E-state index in [0.717, 1.165) is 63.4 Å². The van der Waals surface area contributed by atoms with E-state index in [1.54, 1.807) is 0 Å². The highest BCUT2D eigenvalue weighted by molar-refractivity contribution is 5.93. The molecule has 4 nitrogen and oxygen atoms in total. The summed E-state index contributed by atoms with van der Waals surface area (Å²) in [5.41, 5.74) is 1.92. The molecule has 4 heteroatoms. The van der Waals surface area contributed by atoms with Gasteiger partial charge in [-0.1, -0.05) is 5.57 Å². The molecule has 1 rings (SSSR count). The van der Waals surface area contributed by atoms with Crippen molar-refractivity contribution in [2.24, 2.45) is 0 Å². The summed E-state index contributed by atoms with van der Waals surface area (Å²) in [6.45, 7) is 11.5. The number of allylic oxidation sites excluding steroid dienone is 1. The van der Waals surface area contributed by atoms with Crippen LogP contribution in [0, 0.1) is 0 Å². The highest BCUT2D eigenvalue weighted by Gasteiger charge is 2.09. The van der Waals surface area contributed by atoms with Gasteiger partial charge in [0.2, 0.25) is 5.91 Å². The molecule has 104 valence electrons. The number of rotatable bonds is 6. The Balaban J connectivity index is 2.04. The minimum absolute atomic E-state index is 0.0707. The summed E-state index contributed by atoms with van der Waals surface area (Å²) in [5, 5.41) is 2.96. The first kappa shape index (κ1) is 15.2. The lowest BCUT2D eigenvalue weighted by Crippen LogP contribution is -2.37. The Morgan fingerprint density at radius 3 is 2.44 bits per heavy atom. The Morgan fingerprint density at radius 1 is 1.17 bits per heavy atom. The maximum Gasteiger partial charge on any atom is 0.246 e. The van der Waals surface area contributed by atoms with E-state index in [-0.39, 0.29) is 5.91 Å². The van der Waals surface area contributed by atoms with E-state index in [0.29, 0.717) is 0 Å². The minimum Gasteiger partial charge on any atom is -0.379 e. The number of amides is 1. The van der Waals surface area contributed by atoms with Crippen LogP contribution < -0.4 is 5.32 Å². The van der Waals surface area contributed by atoms with Crippen LogP contribution in [0.15, 0.2) is 11.1 Å². The maximum absolute atomic E-state index is 11.7. The molecule has 1 saturated heterocycles. The number of hydrogen-bond acceptors (Lipinski definition) is 3. The second-order valence-corrected chi connectivity index (χ2v) is 5.04. The zero-order valence-corrected chi connectivity index (χ0v) is 11.9. The highest BCUT2D eigenvalue weighted by atomic mass is 16.5. The summed E-state index contributed by atoms with van der Waals surface area (Å²) in [4.78, 5) is 14.1. The molecule has 1 fully saturated rings. The topological polar surface area (TPSA) is 41.6 Å². The molecule has 18 heavy (non-hydrogen) atoms. The molecule has 0 spiro atoms. The van der Waals surface area contributed by atoms with Crippen molar-refractivity contribution in [1.29, 1.82) is 0 Å². The average Bonchev–Trinajstić information content (AvgIpc) is 2.38. The van der Waals surface area contributed by atoms with Gasteiger partial charge in [-0.25, -0.2) is 0 Å². The lowest BCUT2D eigenvalue weighted by atomic mass is 10.1. The van der Waals surface area contributed by atoms with Gasteiger partial charge in [0.05, 0.1) is 13.2 Å². The highest BCUT2D eigenvalue weighted by Crippen LogP contribution is 2.02. The molecule has 0 atom stereocenters. The first-order chi connectivity index (χ1) is 8.61. The lowest BCUT2D eigenvalue weighted by molar-refractivity contribution is -0.117. The molecule has 1 heterocycles. The summed E-state index contributed by atoms with van der Waals surface area (Å²) in [6.07, 6.45) is 2.17. The van der Waals surface area contributed by atoms with E-state index in [1.807, 2.05) is 20.8 Å². The standard InChI is InChI=1S/C14H26N2O2/c1-12(2)13(3)14(17)15-6-4-5-7-16-8-10-18-11-9-16/h4-11H2,1-3H3,(H,15,17). The fourth-order valence-electron chi connectivity index (χ4n) is 1.85. The predicted molar refractivity (Wildman–Crippen MR) is 73.6 cm³/mol. The van der Waals surface area contributed by atoms with Crippen LogP contribution in [0.4, 0.5) is 0 Å². The van der Waals surface area contributed by atoms with Crippen molar-refractivity contribution in [3.8, 4) is 0 Å². The molecular weight excluding hydrogens is 228 g/mol. The predicted octanol–water partition coefficient (Wildman–Crippen LogP) is 1.57. The molecule has 1 N–H and O–H groups in total. The van der Waals surface area contributed by atoms with Crippen molar-refractivity contribution in [1.82, 2.24) is 10.2 Å². The molecular formula is C14H26N2O2. The molecule has 1 aliphatic rings. The van der Waals surface area contributed by atoms with Gasteiger partial charge < -0.3 is 10.1 Å². The molecule has 1 amide bonds. The largest absolute Gasteiger partial charge is 0.379 e. The van der Waals surface area contributed by atoms with Crippen LogP contribution in [0.25, 0.3) is 0 Å².